The molecule has 0 heterocycles. The molecule has 0 aromatic heterocycles. The van der Waals surface area contributed by atoms with E-state index in [2.05, 4.69) is 46.9 Å². The fraction of sp³-hybridized carbons (Fsp3) is 0.391. The second-order valence-electron chi connectivity index (χ2n) is 8.32. The van der Waals surface area contributed by atoms with Crippen LogP contribution in [-0.2, 0) is 0 Å². The van der Waals surface area contributed by atoms with Crippen molar-refractivity contribution < 1.29 is 14.0 Å². The smallest absolute Gasteiger partial charge is 0.261 e. The summed E-state index contributed by atoms with van der Waals surface area (Å²) in [6, 6.07) is 13.6. The first-order valence-electron chi connectivity index (χ1n) is 10.1. The number of imide groups is 1. The summed E-state index contributed by atoms with van der Waals surface area (Å²) in [6.07, 6.45) is 0. The number of nitrogen functional groups attached to an aromatic ring is 1. The number of carbonyl (C=O) groups is 2. The monoisotopic (exact) mass is 412 g/mol. The standard InChI is InChI=1S/C23H32N2O3Si/c1-15(2)29(16(3)4,17(5)6)28-21-10-8-7-9-20(21)23(27)25-22(26)18-11-13-19(24)14-12-18/h7-17H,24H2,1-6H3,(H,25,26,27). The molecule has 0 aliphatic heterocycles. The average molecular weight is 413 g/mol. The Kier molecular flexibility index (Phi) is 7.25. The molecule has 2 aromatic carbocycles. The predicted molar refractivity (Wildman–Crippen MR) is 121 cm³/mol. The van der Waals surface area contributed by atoms with Gasteiger partial charge in [0.15, 0.2) is 0 Å². The van der Waals surface area contributed by atoms with Gasteiger partial charge in [-0.05, 0) is 53.0 Å². The van der Waals surface area contributed by atoms with Gasteiger partial charge in [-0.2, -0.15) is 0 Å². The van der Waals surface area contributed by atoms with Crippen molar-refractivity contribution in [2.45, 2.75) is 58.2 Å². The van der Waals surface area contributed by atoms with Gasteiger partial charge in [-0.25, -0.2) is 0 Å². The van der Waals surface area contributed by atoms with Crippen molar-refractivity contribution >= 4 is 25.8 Å². The molecule has 0 atom stereocenters. The summed E-state index contributed by atoms with van der Waals surface area (Å²) < 4.78 is 6.69. The molecule has 0 aliphatic rings. The van der Waals surface area contributed by atoms with E-state index >= 15 is 0 Å². The lowest BCUT2D eigenvalue weighted by Crippen LogP contribution is -2.51. The summed E-state index contributed by atoms with van der Waals surface area (Å²) in [6.45, 7) is 13.2. The third-order valence-corrected chi connectivity index (χ3v) is 11.5. The van der Waals surface area contributed by atoms with E-state index in [-0.39, 0.29) is 0 Å². The highest BCUT2D eigenvalue weighted by Gasteiger charge is 2.47. The van der Waals surface area contributed by atoms with E-state index < -0.39 is 20.1 Å². The Bertz CT molecular complexity index is 839. The minimum absolute atomic E-state index is 0.370. The minimum Gasteiger partial charge on any atom is -0.542 e. The maximum Gasteiger partial charge on any atom is 0.261 e. The molecule has 29 heavy (non-hydrogen) atoms. The van der Waals surface area contributed by atoms with Gasteiger partial charge in [0.2, 0.25) is 0 Å². The summed E-state index contributed by atoms with van der Waals surface area (Å²) in [5.74, 6) is -0.399. The molecular weight excluding hydrogens is 380 g/mol. The van der Waals surface area contributed by atoms with E-state index in [1.54, 1.807) is 36.4 Å². The quantitative estimate of drug-likeness (QED) is 0.363. The number of nitrogens with two attached hydrogens (primary N) is 1. The number of rotatable bonds is 7. The summed E-state index contributed by atoms with van der Waals surface area (Å²) in [5.41, 5.74) is 8.08. The second-order valence-corrected chi connectivity index (χ2v) is 13.7. The number of para-hydroxylation sites is 1. The van der Waals surface area contributed by atoms with Crippen molar-refractivity contribution in [3.05, 3.63) is 59.7 Å². The number of nitrogens with one attached hydrogen (secondary N) is 1. The molecule has 2 amide bonds. The van der Waals surface area contributed by atoms with Crippen LogP contribution in [0.4, 0.5) is 5.69 Å². The zero-order valence-electron chi connectivity index (χ0n) is 18.2. The Balaban J connectivity index is 2.33. The Hall–Kier alpha value is -2.60. The fourth-order valence-corrected chi connectivity index (χ4v) is 9.43. The highest BCUT2D eigenvalue weighted by Crippen LogP contribution is 2.43. The van der Waals surface area contributed by atoms with Gasteiger partial charge in [-0.15, -0.1) is 0 Å². The first-order valence-corrected chi connectivity index (χ1v) is 12.2. The first kappa shape index (κ1) is 22.7. The molecule has 0 fully saturated rings. The minimum atomic E-state index is -2.23. The molecule has 0 spiro atoms. The Morgan fingerprint density at radius 2 is 1.34 bits per heavy atom. The van der Waals surface area contributed by atoms with Gasteiger partial charge in [0.1, 0.15) is 5.75 Å². The number of benzene rings is 2. The SMILES string of the molecule is CC(C)[Si](Oc1ccccc1C(=O)NC(=O)c1ccc(N)cc1)(C(C)C)C(C)C. The third kappa shape index (κ3) is 4.88. The molecule has 5 nitrogen and oxygen atoms in total. The molecule has 2 rings (SSSR count). The van der Waals surface area contributed by atoms with Crippen molar-refractivity contribution in [2.24, 2.45) is 0 Å². The number of anilines is 1. The maximum absolute atomic E-state index is 12.9. The van der Waals surface area contributed by atoms with E-state index in [1.807, 2.05) is 12.1 Å². The van der Waals surface area contributed by atoms with Crippen LogP contribution in [0, 0.1) is 0 Å². The van der Waals surface area contributed by atoms with Crippen LogP contribution in [-0.4, -0.2) is 20.1 Å². The lowest BCUT2D eigenvalue weighted by atomic mass is 10.1. The maximum atomic E-state index is 12.9. The van der Waals surface area contributed by atoms with E-state index in [4.69, 9.17) is 10.2 Å². The van der Waals surface area contributed by atoms with Crippen molar-refractivity contribution in [3.8, 4) is 5.75 Å². The summed E-state index contributed by atoms with van der Waals surface area (Å²) in [7, 11) is -2.23. The van der Waals surface area contributed by atoms with Gasteiger partial charge in [0.25, 0.3) is 20.1 Å². The molecule has 0 radical (unpaired) electrons. The molecule has 0 bridgehead atoms. The highest BCUT2D eigenvalue weighted by atomic mass is 28.4. The van der Waals surface area contributed by atoms with Crippen molar-refractivity contribution in [2.75, 3.05) is 5.73 Å². The highest BCUT2D eigenvalue weighted by molar-refractivity contribution is 6.78. The van der Waals surface area contributed by atoms with Crippen LogP contribution in [0.5, 0.6) is 5.75 Å². The van der Waals surface area contributed by atoms with Crippen LogP contribution in [0.2, 0.25) is 16.6 Å². The lowest BCUT2D eigenvalue weighted by molar-refractivity contribution is 0.0848. The molecule has 0 saturated carbocycles. The molecule has 0 aliphatic carbocycles. The molecule has 3 N–H and O–H groups in total. The number of amides is 2. The average Bonchev–Trinajstić information content (AvgIpc) is 2.65. The fourth-order valence-electron chi connectivity index (χ4n) is 4.16. The van der Waals surface area contributed by atoms with Gasteiger partial charge in [0.05, 0.1) is 5.56 Å². The first-order chi connectivity index (χ1) is 13.6. The largest absolute Gasteiger partial charge is 0.542 e. The topological polar surface area (TPSA) is 81.4 Å². The van der Waals surface area contributed by atoms with E-state index in [1.165, 1.54) is 0 Å². The van der Waals surface area contributed by atoms with Crippen molar-refractivity contribution in [1.29, 1.82) is 0 Å². The van der Waals surface area contributed by atoms with Crippen LogP contribution >= 0.6 is 0 Å². The van der Waals surface area contributed by atoms with E-state index in [9.17, 15) is 9.59 Å². The molecule has 2 aromatic rings. The summed E-state index contributed by atoms with van der Waals surface area (Å²) in [5, 5.41) is 2.46. The Morgan fingerprint density at radius 1 is 0.828 bits per heavy atom. The summed E-state index contributed by atoms with van der Waals surface area (Å²) in [4.78, 5) is 25.3. The molecular formula is C23H32N2O3Si. The van der Waals surface area contributed by atoms with Gasteiger partial charge in [0, 0.05) is 11.3 Å². The van der Waals surface area contributed by atoms with Gasteiger partial charge >= 0.3 is 0 Å². The predicted octanol–water partition coefficient (Wildman–Crippen LogP) is 5.39. The van der Waals surface area contributed by atoms with Crippen LogP contribution in [0.3, 0.4) is 0 Å². The van der Waals surface area contributed by atoms with Crippen LogP contribution < -0.4 is 15.5 Å². The van der Waals surface area contributed by atoms with Gasteiger partial charge < -0.3 is 10.2 Å². The third-order valence-electron chi connectivity index (χ3n) is 5.53. The number of carbonyl (C=O) groups excluding carboxylic acids is 2. The zero-order chi connectivity index (χ0) is 21.8. The van der Waals surface area contributed by atoms with Crippen LogP contribution in [0.15, 0.2) is 48.5 Å². The van der Waals surface area contributed by atoms with Crippen LogP contribution in [0.1, 0.15) is 62.3 Å². The number of hydrogen-bond donors (Lipinski definition) is 2. The lowest BCUT2D eigenvalue weighted by Gasteiger charge is -2.42. The second kappa shape index (κ2) is 9.26. The Morgan fingerprint density at radius 3 is 1.86 bits per heavy atom. The van der Waals surface area contributed by atoms with Gasteiger partial charge in [-0.1, -0.05) is 53.7 Å². The van der Waals surface area contributed by atoms with E-state index in [0.717, 1.165) is 0 Å². The molecule has 0 unspecified atom stereocenters. The van der Waals surface area contributed by atoms with Gasteiger partial charge in [-0.3, -0.25) is 14.9 Å². The van der Waals surface area contributed by atoms with Crippen molar-refractivity contribution in [1.82, 2.24) is 5.32 Å². The zero-order valence-corrected chi connectivity index (χ0v) is 19.2. The van der Waals surface area contributed by atoms with Crippen LogP contribution in [0.25, 0.3) is 0 Å². The molecule has 0 saturated heterocycles. The van der Waals surface area contributed by atoms with E-state index in [0.29, 0.717) is 39.2 Å². The number of hydrogen-bond acceptors (Lipinski definition) is 4. The Labute approximate surface area is 174 Å². The molecule has 6 heteroatoms. The summed E-state index contributed by atoms with van der Waals surface area (Å²) >= 11 is 0. The molecule has 156 valence electrons. The normalized spacial score (nSPS) is 11.8. The van der Waals surface area contributed by atoms with Crippen molar-refractivity contribution in [3.63, 3.8) is 0 Å².